The lowest BCUT2D eigenvalue weighted by Crippen LogP contribution is -2.37. The zero-order valence-corrected chi connectivity index (χ0v) is 10.0. The molecule has 0 rings (SSSR count). The van der Waals surface area contributed by atoms with Gasteiger partial charge in [-0.25, -0.2) is 0 Å². The minimum Gasteiger partial charge on any atom is -0.459 e. The number of nitrogens with two attached hydrogens (primary N) is 1. The second-order valence-corrected chi connectivity index (χ2v) is 4.57. The topological polar surface area (TPSA) is 69.4 Å². The Hall–Kier alpha value is -0.900. The van der Waals surface area contributed by atoms with E-state index >= 15 is 0 Å². The second kappa shape index (κ2) is 5.85. The predicted molar refractivity (Wildman–Crippen MR) is 58.4 cm³/mol. The monoisotopic (exact) mass is 215 g/mol. The maximum absolute atomic E-state index is 11.4. The molecule has 0 aromatic rings. The Kier molecular flexibility index (Phi) is 5.50. The smallest absolute Gasteiger partial charge is 0.323 e. The number of Topliss-reactive ketones (excluding diaryl/α,β-unsaturated/α-hetero) is 1. The lowest BCUT2D eigenvalue weighted by Gasteiger charge is -2.21. The number of ether oxygens (including phenoxy) is 1. The molecular formula is C11H21NO3. The van der Waals surface area contributed by atoms with E-state index in [0.717, 1.165) is 0 Å². The van der Waals surface area contributed by atoms with E-state index in [0.29, 0.717) is 19.3 Å². The normalized spacial score (nSPS) is 13.4. The summed E-state index contributed by atoms with van der Waals surface area (Å²) in [5.74, 6) is -0.319. The van der Waals surface area contributed by atoms with Crippen LogP contribution in [0.5, 0.6) is 0 Å². The average molecular weight is 215 g/mol. The molecule has 4 heteroatoms. The summed E-state index contributed by atoms with van der Waals surface area (Å²) in [7, 11) is 0. The van der Waals surface area contributed by atoms with Crippen LogP contribution in [0, 0.1) is 0 Å². The van der Waals surface area contributed by atoms with Crippen molar-refractivity contribution in [1.29, 1.82) is 0 Å². The highest BCUT2D eigenvalue weighted by Crippen LogP contribution is 2.09. The fourth-order valence-corrected chi connectivity index (χ4v) is 0.989. The molecule has 1 atom stereocenters. The van der Waals surface area contributed by atoms with Crippen LogP contribution >= 0.6 is 0 Å². The molecule has 15 heavy (non-hydrogen) atoms. The number of hydrogen-bond donors (Lipinski definition) is 1. The maximum atomic E-state index is 11.4. The van der Waals surface area contributed by atoms with E-state index in [1.807, 2.05) is 0 Å². The molecule has 4 nitrogen and oxygen atoms in total. The summed E-state index contributed by atoms with van der Waals surface area (Å²) < 4.78 is 5.09. The summed E-state index contributed by atoms with van der Waals surface area (Å²) in [4.78, 5) is 22.4. The van der Waals surface area contributed by atoms with Gasteiger partial charge in [-0.1, -0.05) is 6.92 Å². The number of hydrogen-bond acceptors (Lipinski definition) is 4. The number of esters is 1. The highest BCUT2D eigenvalue weighted by atomic mass is 16.6. The van der Waals surface area contributed by atoms with Crippen molar-refractivity contribution in [1.82, 2.24) is 0 Å². The summed E-state index contributed by atoms with van der Waals surface area (Å²) in [6.07, 6.45) is 1.19. The number of rotatable bonds is 5. The molecule has 0 aliphatic rings. The Bertz CT molecular complexity index is 230. The summed E-state index contributed by atoms with van der Waals surface area (Å²) >= 11 is 0. The van der Waals surface area contributed by atoms with E-state index in [4.69, 9.17) is 10.5 Å². The lowest BCUT2D eigenvalue weighted by molar-refractivity contribution is -0.156. The van der Waals surface area contributed by atoms with Crippen LogP contribution < -0.4 is 5.73 Å². The first-order valence-corrected chi connectivity index (χ1v) is 5.26. The van der Waals surface area contributed by atoms with Crippen LogP contribution in [-0.2, 0) is 14.3 Å². The molecular weight excluding hydrogens is 194 g/mol. The van der Waals surface area contributed by atoms with Crippen LogP contribution in [0.1, 0.15) is 47.0 Å². The molecule has 0 aliphatic carbocycles. The van der Waals surface area contributed by atoms with Gasteiger partial charge in [0.1, 0.15) is 17.4 Å². The molecule has 0 fully saturated rings. The van der Waals surface area contributed by atoms with Gasteiger partial charge in [-0.15, -0.1) is 0 Å². The molecule has 0 amide bonds. The van der Waals surface area contributed by atoms with Crippen molar-refractivity contribution in [3.8, 4) is 0 Å². The van der Waals surface area contributed by atoms with Crippen LogP contribution in [0.4, 0.5) is 0 Å². The minimum atomic E-state index is -0.695. The predicted octanol–water partition coefficient (Wildman–Crippen LogP) is 1.41. The van der Waals surface area contributed by atoms with Gasteiger partial charge in [0, 0.05) is 12.8 Å². The molecule has 0 spiro atoms. The largest absolute Gasteiger partial charge is 0.459 e. The molecule has 0 saturated heterocycles. The molecule has 0 bridgehead atoms. The van der Waals surface area contributed by atoms with Crippen molar-refractivity contribution < 1.29 is 14.3 Å². The molecule has 0 aromatic carbocycles. The van der Waals surface area contributed by atoms with E-state index in [-0.39, 0.29) is 5.78 Å². The number of carbonyl (C=O) groups is 2. The van der Waals surface area contributed by atoms with Crippen LogP contribution in [0.25, 0.3) is 0 Å². The van der Waals surface area contributed by atoms with Gasteiger partial charge >= 0.3 is 5.97 Å². The van der Waals surface area contributed by atoms with Crippen LogP contribution in [-0.4, -0.2) is 23.4 Å². The fraction of sp³-hybridized carbons (Fsp3) is 0.818. The second-order valence-electron chi connectivity index (χ2n) is 4.57. The Morgan fingerprint density at radius 2 is 1.87 bits per heavy atom. The van der Waals surface area contributed by atoms with E-state index in [1.54, 1.807) is 27.7 Å². The van der Waals surface area contributed by atoms with Gasteiger partial charge in [0.2, 0.25) is 0 Å². The van der Waals surface area contributed by atoms with Gasteiger partial charge in [-0.3, -0.25) is 9.59 Å². The van der Waals surface area contributed by atoms with Gasteiger partial charge in [0.05, 0.1) is 0 Å². The summed E-state index contributed by atoms with van der Waals surface area (Å²) in [6, 6.07) is -0.695. The van der Waals surface area contributed by atoms with Crippen molar-refractivity contribution >= 4 is 11.8 Å². The first-order chi connectivity index (χ1) is 6.76. The van der Waals surface area contributed by atoms with Gasteiger partial charge < -0.3 is 10.5 Å². The first kappa shape index (κ1) is 14.1. The zero-order valence-electron chi connectivity index (χ0n) is 10.0. The van der Waals surface area contributed by atoms with E-state index in [2.05, 4.69) is 0 Å². The van der Waals surface area contributed by atoms with E-state index in [9.17, 15) is 9.59 Å². The quantitative estimate of drug-likeness (QED) is 0.704. The number of ketones is 1. The molecule has 0 heterocycles. The Labute approximate surface area is 91.2 Å². The van der Waals surface area contributed by atoms with Crippen molar-refractivity contribution in [3.63, 3.8) is 0 Å². The van der Waals surface area contributed by atoms with Crippen molar-refractivity contribution in [2.75, 3.05) is 0 Å². The van der Waals surface area contributed by atoms with E-state index in [1.165, 1.54) is 0 Å². The summed E-state index contributed by atoms with van der Waals surface area (Å²) in [5.41, 5.74) is 5.08. The van der Waals surface area contributed by atoms with Gasteiger partial charge in [0.25, 0.3) is 0 Å². The lowest BCUT2D eigenvalue weighted by atomic mass is 10.1. The van der Waals surface area contributed by atoms with Gasteiger partial charge in [-0.05, 0) is 27.2 Å². The first-order valence-electron chi connectivity index (χ1n) is 5.26. The van der Waals surface area contributed by atoms with Gasteiger partial charge in [0.15, 0.2) is 0 Å². The molecule has 88 valence electrons. The molecule has 0 aromatic heterocycles. The summed E-state index contributed by atoms with van der Waals surface area (Å²) in [5, 5.41) is 0. The minimum absolute atomic E-state index is 0.119. The maximum Gasteiger partial charge on any atom is 0.323 e. The average Bonchev–Trinajstić information content (AvgIpc) is 2.10. The molecule has 0 saturated carbocycles. The highest BCUT2D eigenvalue weighted by molar-refractivity contribution is 5.80. The molecule has 1 unspecified atom stereocenters. The van der Waals surface area contributed by atoms with Crippen molar-refractivity contribution in [2.24, 2.45) is 5.73 Å². The third-order valence-electron chi connectivity index (χ3n) is 1.84. The molecule has 0 aliphatic heterocycles. The Morgan fingerprint density at radius 3 is 2.27 bits per heavy atom. The zero-order chi connectivity index (χ0) is 12.1. The van der Waals surface area contributed by atoms with Crippen molar-refractivity contribution in [2.45, 2.75) is 58.6 Å². The van der Waals surface area contributed by atoms with Crippen LogP contribution in [0.2, 0.25) is 0 Å². The van der Waals surface area contributed by atoms with Gasteiger partial charge in [-0.2, -0.15) is 0 Å². The molecule has 2 N–H and O–H groups in total. The summed E-state index contributed by atoms with van der Waals surface area (Å²) in [6.45, 7) is 7.15. The SMILES string of the molecule is CCC(=O)CCC(N)C(=O)OC(C)(C)C. The Morgan fingerprint density at radius 1 is 1.33 bits per heavy atom. The van der Waals surface area contributed by atoms with Crippen LogP contribution in [0.15, 0.2) is 0 Å². The molecule has 0 radical (unpaired) electrons. The van der Waals surface area contributed by atoms with E-state index < -0.39 is 17.6 Å². The highest BCUT2D eigenvalue weighted by Gasteiger charge is 2.22. The third-order valence-corrected chi connectivity index (χ3v) is 1.84. The number of carbonyl (C=O) groups excluding carboxylic acids is 2. The standard InChI is InChI=1S/C11H21NO3/c1-5-8(13)6-7-9(12)10(14)15-11(2,3)4/h9H,5-7,12H2,1-4H3. The van der Waals surface area contributed by atoms with Crippen LogP contribution in [0.3, 0.4) is 0 Å². The van der Waals surface area contributed by atoms with Crippen molar-refractivity contribution in [3.05, 3.63) is 0 Å². The third kappa shape index (κ3) is 7.08. The Balaban J connectivity index is 3.95. The fourth-order valence-electron chi connectivity index (χ4n) is 0.989.